The summed E-state index contributed by atoms with van der Waals surface area (Å²) >= 11 is 0. The van der Waals surface area contributed by atoms with Crippen molar-refractivity contribution in [3.8, 4) is 50.3 Å². The molecule has 0 saturated carbocycles. The van der Waals surface area contributed by atoms with Crippen LogP contribution in [-0.2, 0) is 0 Å². The molecule has 12 aromatic rings. The van der Waals surface area contributed by atoms with E-state index in [2.05, 4.69) is 155 Å². The van der Waals surface area contributed by atoms with Crippen molar-refractivity contribution in [2.75, 3.05) is 0 Å². The molecule has 57 heavy (non-hydrogen) atoms. The Bertz CT molecular complexity index is 3500. The Balaban J connectivity index is 0.902. The Morgan fingerprint density at radius 2 is 0.965 bits per heavy atom. The van der Waals surface area contributed by atoms with Crippen LogP contribution in [0.5, 0.6) is 0 Å². The number of nitrogens with zero attached hydrogens (tertiary/aromatic N) is 4. The zero-order chi connectivity index (χ0) is 37.5. The number of pyridine rings is 3. The van der Waals surface area contributed by atoms with Gasteiger partial charge in [0.15, 0.2) is 5.58 Å². The van der Waals surface area contributed by atoms with Crippen LogP contribution in [0, 0.1) is 0 Å². The smallest absolute Gasteiger partial charge is 0.227 e. The highest BCUT2D eigenvalue weighted by Gasteiger charge is 2.16. The van der Waals surface area contributed by atoms with E-state index in [0.29, 0.717) is 5.71 Å². The van der Waals surface area contributed by atoms with Crippen LogP contribution in [0.25, 0.3) is 116 Å². The van der Waals surface area contributed by atoms with Crippen molar-refractivity contribution in [3.05, 3.63) is 182 Å². The minimum absolute atomic E-state index is 0.660. The van der Waals surface area contributed by atoms with Crippen LogP contribution in [0.1, 0.15) is 0 Å². The molecule has 0 aliphatic heterocycles. The average Bonchev–Trinajstić information content (AvgIpc) is 3.95. The monoisotopic (exact) mass is 730 g/mol. The largest absolute Gasteiger partial charge is 0.454 e. The lowest BCUT2D eigenvalue weighted by Gasteiger charge is -2.10. The number of rotatable bonds is 5. The van der Waals surface area contributed by atoms with E-state index in [1.165, 1.54) is 0 Å². The van der Waals surface area contributed by atoms with E-state index in [4.69, 9.17) is 18.8 Å². The molecule has 6 heteroatoms. The highest BCUT2D eigenvalue weighted by atomic mass is 16.3. The summed E-state index contributed by atoms with van der Waals surface area (Å²) in [7, 11) is 0. The molecule has 0 aliphatic carbocycles. The molecule has 0 unspecified atom stereocenters. The van der Waals surface area contributed by atoms with Crippen LogP contribution in [-0.4, -0.2) is 19.5 Å². The fraction of sp³-hybridized carbons (Fsp3) is 0. The Morgan fingerprint density at radius 3 is 1.75 bits per heavy atom. The topological polar surface area (TPSA) is 69.9 Å². The van der Waals surface area contributed by atoms with Crippen molar-refractivity contribution in [2.24, 2.45) is 0 Å². The van der Waals surface area contributed by atoms with Gasteiger partial charge in [-0.2, -0.15) is 0 Å². The molecular formula is C51H30N4O2. The number of hydrogen-bond acceptors (Lipinski definition) is 5. The predicted molar refractivity (Wildman–Crippen MR) is 230 cm³/mol. The first kappa shape index (κ1) is 31.5. The first-order valence-electron chi connectivity index (χ1n) is 19.0. The Hall–Kier alpha value is -7.83. The molecule has 0 spiro atoms. The number of hydrogen-bond donors (Lipinski definition) is 0. The molecule has 0 atom stereocenters. The first-order chi connectivity index (χ1) is 28.2. The number of fused-ring (bicyclic) bond motifs is 9. The zero-order valence-electron chi connectivity index (χ0n) is 30.4. The summed E-state index contributed by atoms with van der Waals surface area (Å²) in [6, 6.07) is 57.5. The molecule has 0 aliphatic rings. The molecule has 12 rings (SSSR count). The molecule has 6 aromatic heterocycles. The predicted octanol–water partition coefficient (Wildman–Crippen LogP) is 13.4. The van der Waals surface area contributed by atoms with Crippen molar-refractivity contribution >= 4 is 65.9 Å². The summed E-state index contributed by atoms with van der Waals surface area (Å²) in [5.41, 5.74) is 16.1. The molecule has 0 bridgehead atoms. The lowest BCUT2D eigenvalue weighted by Crippen LogP contribution is -1.94. The maximum absolute atomic E-state index is 6.32. The van der Waals surface area contributed by atoms with E-state index in [0.717, 1.165) is 111 Å². The van der Waals surface area contributed by atoms with Gasteiger partial charge in [-0.15, -0.1) is 0 Å². The summed E-state index contributed by atoms with van der Waals surface area (Å²) in [4.78, 5) is 14.0. The van der Waals surface area contributed by atoms with E-state index in [1.54, 1.807) is 6.20 Å². The third-order valence-corrected chi connectivity index (χ3v) is 11.2. The minimum atomic E-state index is 0.660. The lowest BCUT2D eigenvalue weighted by atomic mass is 9.95. The van der Waals surface area contributed by atoms with Gasteiger partial charge >= 0.3 is 0 Å². The molecule has 6 nitrogen and oxygen atoms in total. The minimum Gasteiger partial charge on any atom is -0.454 e. The van der Waals surface area contributed by atoms with Gasteiger partial charge in [-0.05, 0) is 118 Å². The van der Waals surface area contributed by atoms with Crippen LogP contribution in [0.15, 0.2) is 191 Å². The Kier molecular flexibility index (Phi) is 6.83. The second kappa shape index (κ2) is 12.3. The lowest BCUT2D eigenvalue weighted by molar-refractivity contribution is 0.654. The quantitative estimate of drug-likeness (QED) is 0.176. The maximum atomic E-state index is 6.32. The van der Waals surface area contributed by atoms with E-state index >= 15 is 0 Å². The summed E-state index contributed by atoms with van der Waals surface area (Å²) in [6.45, 7) is 0. The molecular weight excluding hydrogens is 701 g/mol. The summed E-state index contributed by atoms with van der Waals surface area (Å²) in [5, 5.41) is 5.31. The van der Waals surface area contributed by atoms with Gasteiger partial charge in [-0.3, -0.25) is 9.97 Å². The molecule has 0 radical (unpaired) electrons. The second-order valence-electron chi connectivity index (χ2n) is 14.5. The van der Waals surface area contributed by atoms with Crippen molar-refractivity contribution in [1.29, 1.82) is 0 Å². The van der Waals surface area contributed by atoms with Crippen molar-refractivity contribution in [2.45, 2.75) is 0 Å². The first-order valence-corrected chi connectivity index (χ1v) is 19.0. The highest BCUT2D eigenvalue weighted by Crippen LogP contribution is 2.38. The molecule has 266 valence electrons. The normalized spacial score (nSPS) is 11.9. The van der Waals surface area contributed by atoms with E-state index in [1.807, 2.05) is 30.6 Å². The number of furan rings is 2. The maximum Gasteiger partial charge on any atom is 0.227 e. The molecule has 0 N–H and O–H groups in total. The van der Waals surface area contributed by atoms with Gasteiger partial charge in [0.1, 0.15) is 11.2 Å². The van der Waals surface area contributed by atoms with Crippen LogP contribution < -0.4 is 0 Å². The standard InChI is InChI=1S/C51H30N4O2/c1-2-16-45-40(14-1)50-46(17-7-22-52-50)55(45)38-13-5-12-37(26-38)44-29-43-42-28-36(18-20-47(42)56-49(43)30-54-44)34-11-4-9-32(25-34)31-8-3-10-33(24-31)35-19-21-48-41(27-35)39-15-6-23-53-51(39)57-48/h1-30H. The van der Waals surface area contributed by atoms with Crippen molar-refractivity contribution in [3.63, 3.8) is 0 Å². The third kappa shape index (κ3) is 5.08. The van der Waals surface area contributed by atoms with E-state index in [9.17, 15) is 0 Å². The molecule has 0 saturated heterocycles. The van der Waals surface area contributed by atoms with E-state index < -0.39 is 0 Å². The molecule has 6 aromatic carbocycles. The van der Waals surface area contributed by atoms with Crippen LogP contribution in [0.3, 0.4) is 0 Å². The second-order valence-corrected chi connectivity index (χ2v) is 14.5. The fourth-order valence-electron chi connectivity index (χ4n) is 8.43. The number of benzene rings is 6. The zero-order valence-corrected chi connectivity index (χ0v) is 30.4. The summed E-state index contributed by atoms with van der Waals surface area (Å²) < 4.78 is 14.6. The van der Waals surface area contributed by atoms with Crippen LogP contribution in [0.2, 0.25) is 0 Å². The van der Waals surface area contributed by atoms with Gasteiger partial charge in [-0.1, -0.05) is 78.9 Å². The number of aromatic nitrogens is 4. The van der Waals surface area contributed by atoms with Crippen molar-refractivity contribution < 1.29 is 8.83 Å². The van der Waals surface area contributed by atoms with Gasteiger partial charge in [0.05, 0.1) is 28.4 Å². The molecule has 6 heterocycles. The highest BCUT2D eigenvalue weighted by molar-refractivity contribution is 6.09. The van der Waals surface area contributed by atoms with Gasteiger partial charge in [-0.25, -0.2) is 4.98 Å². The third-order valence-electron chi connectivity index (χ3n) is 11.2. The van der Waals surface area contributed by atoms with Crippen LogP contribution >= 0.6 is 0 Å². The Morgan fingerprint density at radius 1 is 0.368 bits per heavy atom. The van der Waals surface area contributed by atoms with Gasteiger partial charge in [0, 0.05) is 50.6 Å². The Labute approximate surface area is 325 Å². The SMILES string of the molecule is c1cc(-c2cccc(-c3ccc4oc5ncccc5c4c3)c2)cc(-c2ccc3oc4cnc(-c5cccc(-n6c7ccccc7c7ncccc76)c5)cc4c3c2)c1. The van der Waals surface area contributed by atoms with Gasteiger partial charge < -0.3 is 13.4 Å². The summed E-state index contributed by atoms with van der Waals surface area (Å²) in [5.74, 6) is 0. The average molecular weight is 731 g/mol. The fourth-order valence-corrected chi connectivity index (χ4v) is 8.43. The molecule has 0 amide bonds. The summed E-state index contributed by atoms with van der Waals surface area (Å²) in [6.07, 6.45) is 5.47. The number of para-hydroxylation sites is 1. The van der Waals surface area contributed by atoms with Crippen LogP contribution in [0.4, 0.5) is 0 Å². The van der Waals surface area contributed by atoms with E-state index in [-0.39, 0.29) is 0 Å². The van der Waals surface area contributed by atoms with Gasteiger partial charge in [0.25, 0.3) is 0 Å². The van der Waals surface area contributed by atoms with Gasteiger partial charge in [0.2, 0.25) is 5.71 Å². The van der Waals surface area contributed by atoms with Crippen molar-refractivity contribution in [1.82, 2.24) is 19.5 Å². The molecule has 0 fully saturated rings.